The Balaban J connectivity index is 1.72. The maximum atomic E-state index is 13.3. The Kier molecular flexibility index (Phi) is 4.27. The summed E-state index contributed by atoms with van der Waals surface area (Å²) in [6.07, 6.45) is 0.767. The quantitative estimate of drug-likeness (QED) is 0.845. The lowest BCUT2D eigenvalue weighted by molar-refractivity contribution is 0.160. The Bertz CT molecular complexity index is 867. The Hall–Kier alpha value is -1.89. The van der Waals surface area contributed by atoms with Crippen molar-refractivity contribution in [3.05, 3.63) is 59.7 Å². The molecule has 0 spiro atoms. The van der Waals surface area contributed by atoms with Crippen molar-refractivity contribution in [2.75, 3.05) is 33.3 Å². The predicted molar refractivity (Wildman–Crippen MR) is 96.2 cm³/mol. The highest BCUT2D eigenvalue weighted by molar-refractivity contribution is 7.89. The number of nitrogens with zero attached hydrogens (tertiary/aromatic N) is 2. The van der Waals surface area contributed by atoms with E-state index in [2.05, 4.69) is 4.90 Å². The number of likely N-dealkylation sites (N-methyl/N-ethyl adjacent to an activating group) is 1. The van der Waals surface area contributed by atoms with Crippen LogP contribution in [0.5, 0.6) is 5.75 Å². The molecule has 25 heavy (non-hydrogen) atoms. The number of benzene rings is 2. The molecular weight excluding hydrogens is 336 g/mol. The number of rotatable bonds is 3. The maximum Gasteiger partial charge on any atom is 0.243 e. The monoisotopic (exact) mass is 358 g/mol. The van der Waals surface area contributed by atoms with E-state index in [9.17, 15) is 8.42 Å². The van der Waals surface area contributed by atoms with Crippen LogP contribution in [0.3, 0.4) is 0 Å². The van der Waals surface area contributed by atoms with Crippen LogP contribution in [-0.2, 0) is 16.4 Å². The van der Waals surface area contributed by atoms with Crippen molar-refractivity contribution >= 4 is 10.0 Å². The first-order chi connectivity index (χ1) is 12.1. The van der Waals surface area contributed by atoms with Gasteiger partial charge in [0.25, 0.3) is 0 Å². The zero-order valence-corrected chi connectivity index (χ0v) is 15.1. The van der Waals surface area contributed by atoms with Crippen molar-refractivity contribution in [1.82, 2.24) is 9.21 Å². The summed E-state index contributed by atoms with van der Waals surface area (Å²) in [6, 6.07) is 14.9. The van der Waals surface area contributed by atoms with Gasteiger partial charge in [-0.2, -0.15) is 4.31 Å². The number of hydrogen-bond donors (Lipinski definition) is 0. The van der Waals surface area contributed by atoms with Crippen molar-refractivity contribution in [3.8, 4) is 5.75 Å². The van der Waals surface area contributed by atoms with Gasteiger partial charge in [-0.25, -0.2) is 8.42 Å². The van der Waals surface area contributed by atoms with Crippen LogP contribution in [0.4, 0.5) is 0 Å². The van der Waals surface area contributed by atoms with Crippen molar-refractivity contribution in [3.63, 3.8) is 0 Å². The summed E-state index contributed by atoms with van der Waals surface area (Å²) in [7, 11) is -1.52. The smallest absolute Gasteiger partial charge is 0.243 e. The number of ether oxygens (including phenoxy) is 1. The minimum atomic E-state index is -3.55. The van der Waals surface area contributed by atoms with E-state index >= 15 is 0 Å². The summed E-state index contributed by atoms with van der Waals surface area (Å²) >= 11 is 0. The number of piperazine rings is 1. The molecule has 1 fully saturated rings. The Labute approximate surface area is 148 Å². The molecule has 2 aliphatic heterocycles. The third-order valence-electron chi connectivity index (χ3n) is 4.99. The first-order valence-electron chi connectivity index (χ1n) is 8.57. The second kappa shape index (κ2) is 6.44. The van der Waals surface area contributed by atoms with Crippen molar-refractivity contribution < 1.29 is 13.2 Å². The molecular formula is C19H22N2O3S. The lowest BCUT2D eigenvalue weighted by atomic mass is 10.1. The first kappa shape index (κ1) is 16.6. The van der Waals surface area contributed by atoms with Gasteiger partial charge < -0.3 is 9.64 Å². The Morgan fingerprint density at radius 2 is 1.88 bits per heavy atom. The van der Waals surface area contributed by atoms with Crippen molar-refractivity contribution in [1.29, 1.82) is 0 Å². The molecule has 0 aliphatic carbocycles. The summed E-state index contributed by atoms with van der Waals surface area (Å²) in [5.41, 5.74) is 2.01. The molecule has 0 radical (unpaired) electrons. The minimum Gasteiger partial charge on any atom is -0.493 e. The van der Waals surface area contributed by atoms with Crippen LogP contribution in [0.25, 0.3) is 0 Å². The van der Waals surface area contributed by atoms with Gasteiger partial charge in [-0.05, 0) is 36.4 Å². The summed E-state index contributed by atoms with van der Waals surface area (Å²) < 4.78 is 33.8. The van der Waals surface area contributed by atoms with Crippen molar-refractivity contribution in [2.24, 2.45) is 0 Å². The minimum absolute atomic E-state index is 0.172. The molecule has 2 aromatic rings. The lowest BCUT2D eigenvalue weighted by Crippen LogP contribution is -2.49. The molecule has 6 heteroatoms. The number of hydrogen-bond acceptors (Lipinski definition) is 4. The summed E-state index contributed by atoms with van der Waals surface area (Å²) in [6.45, 7) is 2.54. The first-order valence-corrected chi connectivity index (χ1v) is 10.0. The van der Waals surface area contributed by atoms with Crippen LogP contribution < -0.4 is 4.74 Å². The van der Waals surface area contributed by atoms with Gasteiger partial charge in [0.2, 0.25) is 10.0 Å². The molecule has 2 aromatic carbocycles. The fraction of sp³-hybridized carbons (Fsp3) is 0.368. The second-order valence-electron chi connectivity index (χ2n) is 6.67. The zero-order chi connectivity index (χ0) is 17.4. The molecule has 0 amide bonds. The van der Waals surface area contributed by atoms with Crippen LogP contribution in [0, 0.1) is 0 Å². The van der Waals surface area contributed by atoms with Gasteiger partial charge in [0.15, 0.2) is 0 Å². The summed E-state index contributed by atoms with van der Waals surface area (Å²) in [4.78, 5) is 2.54. The van der Waals surface area contributed by atoms with E-state index in [0.717, 1.165) is 29.8 Å². The second-order valence-corrected chi connectivity index (χ2v) is 8.56. The average Bonchev–Trinajstić information content (AvgIpc) is 3.10. The molecule has 1 atom stereocenters. The molecule has 1 saturated heterocycles. The predicted octanol–water partition coefficient (Wildman–Crippen LogP) is 2.30. The SMILES string of the molecule is CN1CCN(S(=O)(=O)c2ccc3c(c2)CCO3)C(c2ccccc2)C1. The van der Waals surface area contributed by atoms with Gasteiger partial charge in [0.1, 0.15) is 5.75 Å². The Morgan fingerprint density at radius 1 is 1.08 bits per heavy atom. The molecule has 5 nitrogen and oxygen atoms in total. The molecule has 1 unspecified atom stereocenters. The fourth-order valence-corrected chi connectivity index (χ4v) is 5.24. The highest BCUT2D eigenvalue weighted by Crippen LogP contribution is 2.33. The molecule has 132 valence electrons. The van der Waals surface area contributed by atoms with Crippen LogP contribution in [0.1, 0.15) is 17.2 Å². The van der Waals surface area contributed by atoms with E-state index in [1.54, 1.807) is 22.5 Å². The van der Waals surface area contributed by atoms with Gasteiger partial charge >= 0.3 is 0 Å². The fourth-order valence-electron chi connectivity index (χ4n) is 3.60. The van der Waals surface area contributed by atoms with E-state index < -0.39 is 10.0 Å². The van der Waals surface area contributed by atoms with Crippen LogP contribution in [0.2, 0.25) is 0 Å². The third-order valence-corrected chi connectivity index (χ3v) is 6.89. The number of fused-ring (bicyclic) bond motifs is 1. The van der Waals surface area contributed by atoms with Crippen molar-refractivity contribution in [2.45, 2.75) is 17.4 Å². The van der Waals surface area contributed by atoms with Gasteiger partial charge in [-0.1, -0.05) is 30.3 Å². The van der Waals surface area contributed by atoms with E-state index in [1.165, 1.54) is 0 Å². The van der Waals surface area contributed by atoms with Gasteiger partial charge in [0, 0.05) is 26.1 Å². The largest absolute Gasteiger partial charge is 0.493 e. The normalized spacial score (nSPS) is 21.7. The maximum absolute atomic E-state index is 13.3. The zero-order valence-electron chi connectivity index (χ0n) is 14.3. The van der Waals surface area contributed by atoms with Crippen LogP contribution >= 0.6 is 0 Å². The van der Waals surface area contributed by atoms with E-state index in [1.807, 2.05) is 37.4 Å². The molecule has 2 heterocycles. The summed E-state index contributed by atoms with van der Waals surface area (Å²) in [5.74, 6) is 0.803. The highest BCUT2D eigenvalue weighted by Gasteiger charge is 2.36. The van der Waals surface area contributed by atoms with E-state index in [0.29, 0.717) is 24.6 Å². The van der Waals surface area contributed by atoms with Gasteiger partial charge in [0.05, 0.1) is 17.5 Å². The summed E-state index contributed by atoms with van der Waals surface area (Å²) in [5, 5.41) is 0. The molecule has 4 rings (SSSR count). The highest BCUT2D eigenvalue weighted by atomic mass is 32.2. The number of sulfonamides is 1. The molecule has 0 aromatic heterocycles. The van der Waals surface area contributed by atoms with E-state index in [4.69, 9.17) is 4.74 Å². The standard InChI is InChI=1S/C19H22N2O3S/c1-20-10-11-21(18(14-20)15-5-3-2-4-6-15)25(22,23)17-7-8-19-16(13-17)9-12-24-19/h2-8,13,18H,9-12,14H2,1H3. The molecule has 0 saturated carbocycles. The topological polar surface area (TPSA) is 49.9 Å². The lowest BCUT2D eigenvalue weighted by Gasteiger charge is -2.39. The molecule has 0 bridgehead atoms. The van der Waals surface area contributed by atoms with E-state index in [-0.39, 0.29) is 6.04 Å². The Morgan fingerprint density at radius 3 is 2.68 bits per heavy atom. The van der Waals surface area contributed by atoms with Gasteiger partial charge in [-0.3, -0.25) is 0 Å². The van der Waals surface area contributed by atoms with Gasteiger partial charge in [-0.15, -0.1) is 0 Å². The molecule has 2 aliphatic rings. The van der Waals surface area contributed by atoms with Crippen LogP contribution in [0.15, 0.2) is 53.4 Å². The average molecular weight is 358 g/mol. The van der Waals surface area contributed by atoms with Crippen LogP contribution in [-0.4, -0.2) is 50.9 Å². The third kappa shape index (κ3) is 3.05. The molecule has 0 N–H and O–H groups in total.